The molecule has 1 amide bonds. The maximum Gasteiger partial charge on any atom is 0.223 e. The zero-order valence-corrected chi connectivity index (χ0v) is 19.3. The quantitative estimate of drug-likeness (QED) is 0.486. The molecule has 0 aliphatic carbocycles. The molecule has 1 heterocycles. The van der Waals surface area contributed by atoms with Gasteiger partial charge < -0.3 is 5.32 Å². The van der Waals surface area contributed by atoms with Gasteiger partial charge >= 0.3 is 0 Å². The topological polar surface area (TPSA) is 32.3 Å². The number of nitrogens with zero attached hydrogens (tertiary/aromatic N) is 1. The lowest BCUT2D eigenvalue weighted by Crippen LogP contribution is -2.40. The van der Waals surface area contributed by atoms with E-state index in [1.807, 2.05) is 36.4 Å². The van der Waals surface area contributed by atoms with Crippen LogP contribution in [0.15, 0.2) is 42.5 Å². The van der Waals surface area contributed by atoms with Crippen molar-refractivity contribution in [3.8, 4) is 0 Å². The van der Waals surface area contributed by atoms with Crippen LogP contribution in [0.1, 0.15) is 24.0 Å². The van der Waals surface area contributed by atoms with Crippen LogP contribution in [0.5, 0.6) is 0 Å². The van der Waals surface area contributed by atoms with Crippen molar-refractivity contribution in [1.29, 1.82) is 0 Å². The molecule has 3 nitrogen and oxygen atoms in total. The van der Waals surface area contributed by atoms with E-state index < -0.39 is 0 Å². The second kappa shape index (κ2) is 11.5. The van der Waals surface area contributed by atoms with Crippen LogP contribution >= 0.6 is 46.6 Å². The predicted molar refractivity (Wildman–Crippen MR) is 125 cm³/mol. The standard InChI is InChI=1S/C22H25Cl3N2OS/c23-19-3-1-2-17(12-19)15-29-11-8-26-22(28)18-6-9-27(10-7-18)14-16-4-5-20(24)21(25)13-16/h1-5,12-13,18H,6-11,14-15H2,(H,26,28). The number of nitrogens with one attached hydrogen (secondary N) is 1. The molecule has 2 aromatic rings. The molecule has 1 saturated heterocycles. The summed E-state index contributed by atoms with van der Waals surface area (Å²) in [5.74, 6) is 2.10. The molecule has 2 aromatic carbocycles. The van der Waals surface area contributed by atoms with E-state index >= 15 is 0 Å². The van der Waals surface area contributed by atoms with Crippen LogP contribution in [0.3, 0.4) is 0 Å². The Labute approximate surface area is 192 Å². The third kappa shape index (κ3) is 7.37. The summed E-state index contributed by atoms with van der Waals surface area (Å²) in [4.78, 5) is 14.8. The van der Waals surface area contributed by atoms with Gasteiger partial charge in [-0.25, -0.2) is 0 Å². The first-order valence-corrected chi connectivity index (χ1v) is 12.1. The molecule has 0 spiro atoms. The van der Waals surface area contributed by atoms with Gasteiger partial charge in [-0.15, -0.1) is 0 Å². The lowest BCUT2D eigenvalue weighted by atomic mass is 9.95. The summed E-state index contributed by atoms with van der Waals surface area (Å²) in [5.41, 5.74) is 2.36. The Kier molecular flexibility index (Phi) is 9.01. The summed E-state index contributed by atoms with van der Waals surface area (Å²) in [5, 5.41) is 5.03. The fourth-order valence-corrected chi connectivity index (χ4v) is 4.80. The van der Waals surface area contributed by atoms with Crippen molar-refractivity contribution in [2.45, 2.75) is 25.1 Å². The van der Waals surface area contributed by atoms with E-state index in [4.69, 9.17) is 34.8 Å². The minimum atomic E-state index is 0.109. The molecule has 0 atom stereocenters. The van der Waals surface area contributed by atoms with E-state index in [9.17, 15) is 4.79 Å². The van der Waals surface area contributed by atoms with Crippen molar-refractivity contribution < 1.29 is 4.79 Å². The Morgan fingerprint density at radius 3 is 2.55 bits per heavy atom. The van der Waals surface area contributed by atoms with Gasteiger partial charge in [-0.3, -0.25) is 9.69 Å². The summed E-state index contributed by atoms with van der Waals surface area (Å²) in [6.07, 6.45) is 1.78. The molecule has 29 heavy (non-hydrogen) atoms. The molecule has 0 aromatic heterocycles. The molecule has 0 radical (unpaired) electrons. The van der Waals surface area contributed by atoms with Crippen molar-refractivity contribution in [2.24, 2.45) is 5.92 Å². The smallest absolute Gasteiger partial charge is 0.223 e. The summed E-state index contributed by atoms with van der Waals surface area (Å²) >= 11 is 19.9. The number of thioether (sulfide) groups is 1. The fraction of sp³-hybridized carbons (Fsp3) is 0.409. The van der Waals surface area contributed by atoms with Crippen LogP contribution in [0.2, 0.25) is 15.1 Å². The molecular weight excluding hydrogens is 447 g/mol. The second-order valence-electron chi connectivity index (χ2n) is 7.27. The van der Waals surface area contributed by atoms with Gasteiger partial charge in [-0.2, -0.15) is 11.8 Å². The average molecular weight is 472 g/mol. The normalized spacial score (nSPS) is 15.4. The van der Waals surface area contributed by atoms with E-state index in [1.54, 1.807) is 11.8 Å². The SMILES string of the molecule is O=C(NCCSCc1cccc(Cl)c1)C1CCN(Cc2ccc(Cl)c(Cl)c2)CC1. The van der Waals surface area contributed by atoms with Gasteiger partial charge in [0.25, 0.3) is 0 Å². The van der Waals surface area contributed by atoms with E-state index in [-0.39, 0.29) is 11.8 Å². The number of likely N-dealkylation sites (tertiary alicyclic amines) is 1. The molecule has 7 heteroatoms. The van der Waals surface area contributed by atoms with Crippen molar-refractivity contribution in [3.05, 3.63) is 68.7 Å². The Hall–Kier alpha value is -0.910. The number of benzene rings is 2. The Morgan fingerprint density at radius 2 is 1.83 bits per heavy atom. The number of hydrogen-bond donors (Lipinski definition) is 1. The first-order valence-electron chi connectivity index (χ1n) is 9.77. The van der Waals surface area contributed by atoms with Crippen LogP contribution in [0.4, 0.5) is 0 Å². The van der Waals surface area contributed by atoms with Crippen LogP contribution in [0.25, 0.3) is 0 Å². The van der Waals surface area contributed by atoms with E-state index in [2.05, 4.69) is 16.3 Å². The summed E-state index contributed by atoms with van der Waals surface area (Å²) < 4.78 is 0. The van der Waals surface area contributed by atoms with Gasteiger partial charge in [0.05, 0.1) is 10.0 Å². The summed E-state index contributed by atoms with van der Waals surface area (Å²) in [6, 6.07) is 13.7. The van der Waals surface area contributed by atoms with Crippen molar-refractivity contribution >= 4 is 52.5 Å². The fourth-order valence-electron chi connectivity index (χ4n) is 3.46. The first kappa shape index (κ1) is 22.8. The lowest BCUT2D eigenvalue weighted by molar-refractivity contribution is -0.126. The highest BCUT2D eigenvalue weighted by molar-refractivity contribution is 7.98. The molecule has 156 valence electrons. The largest absolute Gasteiger partial charge is 0.355 e. The average Bonchev–Trinajstić information content (AvgIpc) is 2.71. The molecule has 1 fully saturated rings. The number of amides is 1. The van der Waals surface area contributed by atoms with Crippen LogP contribution < -0.4 is 5.32 Å². The third-order valence-corrected chi connectivity index (χ3v) is 7.06. The highest BCUT2D eigenvalue weighted by Gasteiger charge is 2.24. The van der Waals surface area contributed by atoms with Gasteiger partial charge in [0.1, 0.15) is 0 Å². The van der Waals surface area contributed by atoms with Gasteiger partial charge in [0, 0.05) is 35.5 Å². The highest BCUT2D eigenvalue weighted by Crippen LogP contribution is 2.25. The van der Waals surface area contributed by atoms with Crippen molar-refractivity contribution in [3.63, 3.8) is 0 Å². The third-order valence-electron chi connectivity index (χ3n) is 5.05. The van der Waals surface area contributed by atoms with E-state index in [1.165, 1.54) is 5.56 Å². The van der Waals surface area contributed by atoms with Crippen LogP contribution in [0, 0.1) is 5.92 Å². The molecule has 1 N–H and O–H groups in total. The van der Waals surface area contributed by atoms with Crippen molar-refractivity contribution in [2.75, 3.05) is 25.4 Å². The van der Waals surface area contributed by atoms with E-state index in [0.29, 0.717) is 16.6 Å². The lowest BCUT2D eigenvalue weighted by Gasteiger charge is -2.31. The Bertz CT molecular complexity index is 825. The first-order chi connectivity index (χ1) is 14.0. The minimum absolute atomic E-state index is 0.109. The summed E-state index contributed by atoms with van der Waals surface area (Å²) in [6.45, 7) is 3.38. The monoisotopic (exact) mass is 470 g/mol. The molecule has 1 aliphatic heterocycles. The zero-order chi connectivity index (χ0) is 20.6. The molecule has 0 bridgehead atoms. The maximum absolute atomic E-state index is 12.4. The molecule has 0 saturated carbocycles. The van der Waals surface area contributed by atoms with Gasteiger partial charge in [0.2, 0.25) is 5.91 Å². The van der Waals surface area contributed by atoms with Crippen molar-refractivity contribution in [1.82, 2.24) is 10.2 Å². The number of piperidine rings is 1. The van der Waals surface area contributed by atoms with Gasteiger partial charge in [-0.1, -0.05) is 53.0 Å². The van der Waals surface area contributed by atoms with Crippen LogP contribution in [-0.4, -0.2) is 36.2 Å². The number of rotatable bonds is 8. The molecule has 3 rings (SSSR count). The maximum atomic E-state index is 12.4. The van der Waals surface area contributed by atoms with Gasteiger partial charge in [-0.05, 0) is 61.3 Å². The highest BCUT2D eigenvalue weighted by atomic mass is 35.5. The Balaban J connectivity index is 1.31. The minimum Gasteiger partial charge on any atom is -0.355 e. The zero-order valence-electron chi connectivity index (χ0n) is 16.2. The second-order valence-corrected chi connectivity index (χ2v) is 9.63. The molecular formula is C22H25Cl3N2OS. The van der Waals surface area contributed by atoms with Gasteiger partial charge in [0.15, 0.2) is 0 Å². The van der Waals surface area contributed by atoms with E-state index in [0.717, 1.165) is 54.6 Å². The molecule has 0 unspecified atom stereocenters. The number of hydrogen-bond acceptors (Lipinski definition) is 3. The molecule has 1 aliphatic rings. The van der Waals surface area contributed by atoms with Crippen LogP contribution in [-0.2, 0) is 17.1 Å². The number of carbonyl (C=O) groups is 1. The number of carbonyl (C=O) groups excluding carboxylic acids is 1. The summed E-state index contributed by atoms with van der Waals surface area (Å²) in [7, 11) is 0. The Morgan fingerprint density at radius 1 is 1.03 bits per heavy atom. The number of halogens is 3. The predicted octanol–water partition coefficient (Wildman–Crippen LogP) is 5.91.